The second-order valence-corrected chi connectivity index (χ2v) is 5.55. The van der Waals surface area contributed by atoms with Gasteiger partial charge in [0, 0.05) is 16.1 Å². The van der Waals surface area contributed by atoms with Gasteiger partial charge in [0.05, 0.1) is 6.10 Å². The minimum Gasteiger partial charge on any atom is -0.490 e. The molecule has 1 aliphatic carbocycles. The third kappa shape index (κ3) is 3.23. The van der Waals surface area contributed by atoms with Crippen molar-refractivity contribution >= 4 is 15.9 Å². The highest BCUT2D eigenvalue weighted by Crippen LogP contribution is 2.32. The van der Waals surface area contributed by atoms with Gasteiger partial charge in [0.25, 0.3) is 0 Å². The molecule has 3 heteroatoms. The molecule has 0 saturated heterocycles. The van der Waals surface area contributed by atoms with E-state index in [0.717, 1.165) is 16.8 Å². The molecule has 2 nitrogen and oxygen atoms in total. The average molecular weight is 298 g/mol. The van der Waals surface area contributed by atoms with Gasteiger partial charge >= 0.3 is 0 Å². The van der Waals surface area contributed by atoms with Crippen molar-refractivity contribution in [2.24, 2.45) is 0 Å². The van der Waals surface area contributed by atoms with Crippen LogP contribution in [0.25, 0.3) is 0 Å². The fraction of sp³-hybridized carbons (Fsp3) is 0.571. The van der Waals surface area contributed by atoms with Crippen LogP contribution >= 0.6 is 15.9 Å². The Bertz CT molecular complexity index is 376. The molecule has 1 N–H and O–H groups in total. The molecule has 0 aromatic heterocycles. The summed E-state index contributed by atoms with van der Waals surface area (Å²) in [5.74, 6) is 1.03. The van der Waals surface area contributed by atoms with Crippen LogP contribution in [-0.2, 0) is 0 Å². The van der Waals surface area contributed by atoms with Crippen LogP contribution in [0.2, 0.25) is 0 Å². The zero-order valence-corrected chi connectivity index (χ0v) is 12.1. The smallest absolute Gasteiger partial charge is 0.125 e. The molecule has 1 aliphatic rings. The molecule has 17 heavy (non-hydrogen) atoms. The molecule has 1 saturated carbocycles. The van der Waals surface area contributed by atoms with Gasteiger partial charge in [-0.05, 0) is 44.9 Å². The molecule has 1 fully saturated rings. The molecule has 1 aromatic carbocycles. The molecule has 2 rings (SSSR count). The molecule has 0 radical (unpaired) electrons. The van der Waals surface area contributed by atoms with E-state index in [2.05, 4.69) is 53.3 Å². The highest BCUT2D eigenvalue weighted by molar-refractivity contribution is 9.10. The van der Waals surface area contributed by atoms with Crippen LogP contribution in [0.15, 0.2) is 22.7 Å². The lowest BCUT2D eigenvalue weighted by Gasteiger charge is -2.28. The second kappa shape index (κ2) is 5.87. The number of ether oxygens (including phenoxy) is 1. The Kier molecular flexibility index (Phi) is 4.46. The zero-order valence-electron chi connectivity index (χ0n) is 10.5. The zero-order chi connectivity index (χ0) is 12.3. The Labute approximate surface area is 112 Å². The molecule has 1 unspecified atom stereocenters. The lowest BCUT2D eigenvalue weighted by atomic mass is 9.96. The molecule has 1 aromatic rings. The quantitative estimate of drug-likeness (QED) is 0.885. The number of hydrogen-bond donors (Lipinski definition) is 1. The molecule has 0 spiro atoms. The third-order valence-corrected chi connectivity index (χ3v) is 3.79. The molecule has 0 aliphatic heterocycles. The summed E-state index contributed by atoms with van der Waals surface area (Å²) in [6.45, 7) is 5.28. The van der Waals surface area contributed by atoms with Crippen molar-refractivity contribution in [3.8, 4) is 5.75 Å². The first-order valence-corrected chi connectivity index (χ1v) is 7.19. The number of hydrogen-bond acceptors (Lipinski definition) is 2. The van der Waals surface area contributed by atoms with Gasteiger partial charge in [-0.1, -0.05) is 28.9 Å². The average Bonchev–Trinajstić information content (AvgIpc) is 2.24. The van der Waals surface area contributed by atoms with E-state index >= 15 is 0 Å². The van der Waals surface area contributed by atoms with Crippen LogP contribution in [0.5, 0.6) is 5.75 Å². The third-order valence-electron chi connectivity index (χ3n) is 3.30. The summed E-state index contributed by atoms with van der Waals surface area (Å²) < 4.78 is 7.14. The number of benzene rings is 1. The first kappa shape index (κ1) is 12.9. The fourth-order valence-electron chi connectivity index (χ4n) is 2.05. The van der Waals surface area contributed by atoms with Crippen molar-refractivity contribution in [2.75, 3.05) is 6.54 Å². The van der Waals surface area contributed by atoms with E-state index < -0.39 is 0 Å². The van der Waals surface area contributed by atoms with Gasteiger partial charge in [0.2, 0.25) is 0 Å². The Morgan fingerprint density at radius 1 is 1.47 bits per heavy atom. The van der Waals surface area contributed by atoms with Crippen molar-refractivity contribution in [2.45, 2.75) is 45.3 Å². The molecule has 94 valence electrons. The Morgan fingerprint density at radius 3 is 2.82 bits per heavy atom. The van der Waals surface area contributed by atoms with E-state index in [-0.39, 0.29) is 0 Å². The van der Waals surface area contributed by atoms with Crippen molar-refractivity contribution in [1.82, 2.24) is 5.32 Å². The van der Waals surface area contributed by atoms with Gasteiger partial charge in [0.1, 0.15) is 5.75 Å². The maximum Gasteiger partial charge on any atom is 0.125 e. The second-order valence-electron chi connectivity index (χ2n) is 4.63. The van der Waals surface area contributed by atoms with Crippen LogP contribution in [0.3, 0.4) is 0 Å². The number of nitrogens with one attached hydrogen (secondary N) is 1. The number of halogens is 1. The number of rotatable bonds is 5. The van der Waals surface area contributed by atoms with Crippen LogP contribution in [0.4, 0.5) is 0 Å². The monoisotopic (exact) mass is 297 g/mol. The summed E-state index contributed by atoms with van der Waals surface area (Å²) >= 11 is 3.51. The van der Waals surface area contributed by atoms with E-state index in [1.165, 1.54) is 24.8 Å². The topological polar surface area (TPSA) is 21.3 Å². The van der Waals surface area contributed by atoms with Gasteiger partial charge < -0.3 is 10.1 Å². The van der Waals surface area contributed by atoms with Crippen molar-refractivity contribution in [3.05, 3.63) is 28.2 Å². The van der Waals surface area contributed by atoms with E-state index in [9.17, 15) is 0 Å². The fourth-order valence-corrected chi connectivity index (χ4v) is 2.39. The Balaban J connectivity index is 2.16. The minimum absolute atomic E-state index is 0.336. The van der Waals surface area contributed by atoms with E-state index in [0.29, 0.717) is 12.1 Å². The normalized spacial score (nSPS) is 17.6. The first-order valence-electron chi connectivity index (χ1n) is 6.40. The largest absolute Gasteiger partial charge is 0.490 e. The van der Waals surface area contributed by atoms with Gasteiger partial charge in [-0.2, -0.15) is 0 Å². The molecule has 0 heterocycles. The Hall–Kier alpha value is -0.540. The molecular weight excluding hydrogens is 278 g/mol. The molecule has 0 bridgehead atoms. The van der Waals surface area contributed by atoms with E-state index in [4.69, 9.17) is 4.74 Å². The van der Waals surface area contributed by atoms with Gasteiger partial charge in [-0.15, -0.1) is 0 Å². The highest BCUT2D eigenvalue weighted by Gasteiger charge is 2.21. The van der Waals surface area contributed by atoms with Crippen molar-refractivity contribution in [1.29, 1.82) is 0 Å². The summed E-state index contributed by atoms with van der Waals surface area (Å²) in [4.78, 5) is 0. The summed E-state index contributed by atoms with van der Waals surface area (Å²) in [7, 11) is 0. The van der Waals surface area contributed by atoms with Crippen LogP contribution in [0, 0.1) is 0 Å². The van der Waals surface area contributed by atoms with Crippen LogP contribution in [0.1, 0.15) is 44.7 Å². The first-order chi connectivity index (χ1) is 8.20. The van der Waals surface area contributed by atoms with E-state index in [1.807, 2.05) is 0 Å². The van der Waals surface area contributed by atoms with Crippen molar-refractivity contribution in [3.63, 3.8) is 0 Å². The SMILES string of the molecule is CCNC(C)c1ccc(Br)cc1OC1CCC1. The highest BCUT2D eigenvalue weighted by atomic mass is 79.9. The van der Waals surface area contributed by atoms with Gasteiger partial charge in [-0.25, -0.2) is 0 Å². The maximum atomic E-state index is 6.06. The standard InChI is InChI=1S/C14H20BrNO/c1-3-16-10(2)13-8-7-11(15)9-14(13)17-12-5-4-6-12/h7-10,12,16H,3-6H2,1-2H3. The lowest BCUT2D eigenvalue weighted by molar-refractivity contribution is 0.118. The molecular formula is C14H20BrNO. The van der Waals surface area contributed by atoms with Crippen LogP contribution in [-0.4, -0.2) is 12.6 Å². The van der Waals surface area contributed by atoms with E-state index in [1.54, 1.807) is 0 Å². The predicted octanol–water partition coefficient (Wildman–Crippen LogP) is 4.05. The molecule has 1 atom stereocenters. The summed E-state index contributed by atoms with van der Waals surface area (Å²) in [5.41, 5.74) is 1.25. The van der Waals surface area contributed by atoms with Crippen LogP contribution < -0.4 is 10.1 Å². The summed E-state index contributed by atoms with van der Waals surface area (Å²) in [6.07, 6.45) is 4.12. The van der Waals surface area contributed by atoms with Crippen molar-refractivity contribution < 1.29 is 4.74 Å². The molecule has 0 amide bonds. The lowest BCUT2D eigenvalue weighted by Crippen LogP contribution is -2.26. The Morgan fingerprint density at radius 2 is 2.24 bits per heavy atom. The van der Waals surface area contributed by atoms with Gasteiger partial charge in [0.15, 0.2) is 0 Å². The summed E-state index contributed by atoms with van der Waals surface area (Å²) in [5, 5.41) is 3.44. The minimum atomic E-state index is 0.336. The summed E-state index contributed by atoms with van der Waals surface area (Å²) in [6, 6.07) is 6.65. The van der Waals surface area contributed by atoms with Gasteiger partial charge in [-0.3, -0.25) is 0 Å². The predicted molar refractivity (Wildman–Crippen MR) is 74.5 cm³/mol. The maximum absolute atomic E-state index is 6.06.